The highest BCUT2D eigenvalue weighted by Crippen LogP contribution is 2.30. The maximum atomic E-state index is 6.00. The van der Waals surface area contributed by atoms with Crippen molar-refractivity contribution in [1.29, 1.82) is 0 Å². The van der Waals surface area contributed by atoms with Crippen molar-refractivity contribution in [2.45, 2.75) is 33.4 Å². The van der Waals surface area contributed by atoms with E-state index in [4.69, 9.17) is 9.47 Å². The van der Waals surface area contributed by atoms with Crippen LogP contribution >= 0.6 is 15.9 Å². The van der Waals surface area contributed by atoms with Gasteiger partial charge >= 0.3 is 0 Å². The summed E-state index contributed by atoms with van der Waals surface area (Å²) in [4.78, 5) is 0. The fourth-order valence-electron chi connectivity index (χ4n) is 2.85. The summed E-state index contributed by atoms with van der Waals surface area (Å²) in [7, 11) is 0. The van der Waals surface area contributed by atoms with Crippen molar-refractivity contribution in [3.63, 3.8) is 0 Å². The van der Waals surface area contributed by atoms with Gasteiger partial charge in [-0.15, -0.1) is 0 Å². The lowest BCUT2D eigenvalue weighted by Crippen LogP contribution is -2.03. The van der Waals surface area contributed by atoms with E-state index in [1.165, 1.54) is 5.56 Å². The molecule has 0 aliphatic heterocycles. The highest BCUT2D eigenvalue weighted by Gasteiger charge is 2.07. The Hall–Kier alpha value is -2.46. The topological polar surface area (TPSA) is 30.5 Å². The molecule has 0 spiro atoms. The fraction of sp³-hybridized carbons (Fsp3) is 0.250. The molecule has 0 saturated carbocycles. The Bertz CT molecular complexity index is 876. The number of anilines is 1. The van der Waals surface area contributed by atoms with Crippen LogP contribution in [-0.2, 0) is 19.6 Å². The number of hydrogen-bond acceptors (Lipinski definition) is 3. The largest absolute Gasteiger partial charge is 0.490 e. The molecule has 0 atom stereocenters. The minimum absolute atomic E-state index is 0.509. The van der Waals surface area contributed by atoms with Gasteiger partial charge in [-0.25, -0.2) is 0 Å². The number of nitrogens with one attached hydrogen (secondary N) is 1. The number of ether oxygens (including phenoxy) is 2. The van der Waals surface area contributed by atoms with E-state index in [2.05, 4.69) is 58.5 Å². The maximum Gasteiger partial charge on any atom is 0.161 e. The molecular weight excluding hydrogens is 414 g/mol. The number of aryl methyl sites for hydroxylation is 1. The minimum Gasteiger partial charge on any atom is -0.490 e. The van der Waals surface area contributed by atoms with E-state index in [1.807, 2.05) is 43.3 Å². The first kappa shape index (κ1) is 20.3. The lowest BCUT2D eigenvalue weighted by Gasteiger charge is -2.14. The molecule has 0 unspecified atom stereocenters. The van der Waals surface area contributed by atoms with Gasteiger partial charge in [-0.2, -0.15) is 0 Å². The van der Waals surface area contributed by atoms with Crippen LogP contribution in [0.1, 0.15) is 30.5 Å². The van der Waals surface area contributed by atoms with Crippen LogP contribution in [0.5, 0.6) is 11.5 Å². The zero-order valence-electron chi connectivity index (χ0n) is 16.4. The standard InChI is InChI=1S/C24H26BrNO2/c1-3-18-7-12-22(13-8-18)26-16-20-9-14-23(24(15-20)27-4-2)28-17-19-5-10-21(25)11-6-19/h5-15,26H,3-4,16-17H2,1-2H3. The molecule has 0 amide bonds. The number of halogens is 1. The second kappa shape index (κ2) is 10.2. The second-order valence-corrected chi connectivity index (χ2v) is 7.45. The van der Waals surface area contributed by atoms with Crippen molar-refractivity contribution in [2.75, 3.05) is 11.9 Å². The van der Waals surface area contributed by atoms with Crippen molar-refractivity contribution in [3.8, 4) is 11.5 Å². The smallest absolute Gasteiger partial charge is 0.161 e. The van der Waals surface area contributed by atoms with Gasteiger partial charge in [0.2, 0.25) is 0 Å². The van der Waals surface area contributed by atoms with Crippen LogP contribution in [0, 0.1) is 0 Å². The maximum absolute atomic E-state index is 6.00. The molecule has 28 heavy (non-hydrogen) atoms. The van der Waals surface area contributed by atoms with Gasteiger partial charge in [-0.3, -0.25) is 0 Å². The molecule has 0 fully saturated rings. The highest BCUT2D eigenvalue weighted by atomic mass is 79.9. The van der Waals surface area contributed by atoms with Crippen LogP contribution in [0.15, 0.2) is 71.2 Å². The average Bonchev–Trinajstić information content (AvgIpc) is 2.73. The van der Waals surface area contributed by atoms with Crippen LogP contribution in [0.4, 0.5) is 5.69 Å². The van der Waals surface area contributed by atoms with E-state index in [0.717, 1.165) is 45.8 Å². The predicted molar refractivity (Wildman–Crippen MR) is 119 cm³/mol. The van der Waals surface area contributed by atoms with E-state index in [1.54, 1.807) is 0 Å². The number of benzene rings is 3. The Balaban J connectivity index is 1.64. The molecule has 0 aromatic heterocycles. The van der Waals surface area contributed by atoms with Gasteiger partial charge in [-0.1, -0.05) is 53.2 Å². The van der Waals surface area contributed by atoms with E-state index in [0.29, 0.717) is 13.2 Å². The van der Waals surface area contributed by atoms with Crippen molar-refractivity contribution in [2.24, 2.45) is 0 Å². The lowest BCUT2D eigenvalue weighted by molar-refractivity contribution is 0.269. The van der Waals surface area contributed by atoms with Crippen LogP contribution in [0.3, 0.4) is 0 Å². The molecule has 0 aliphatic rings. The summed E-state index contributed by atoms with van der Waals surface area (Å²) in [5, 5.41) is 3.46. The molecule has 3 aromatic carbocycles. The summed E-state index contributed by atoms with van der Waals surface area (Å²) >= 11 is 3.45. The monoisotopic (exact) mass is 439 g/mol. The quantitative estimate of drug-likeness (QED) is 0.407. The van der Waals surface area contributed by atoms with Gasteiger partial charge in [0.05, 0.1) is 6.61 Å². The Labute approximate surface area is 175 Å². The van der Waals surface area contributed by atoms with Gasteiger partial charge in [-0.05, 0) is 66.4 Å². The van der Waals surface area contributed by atoms with Crippen molar-refractivity contribution in [1.82, 2.24) is 0 Å². The second-order valence-electron chi connectivity index (χ2n) is 6.53. The summed E-state index contributed by atoms with van der Waals surface area (Å²) in [6, 6.07) is 22.8. The van der Waals surface area contributed by atoms with Gasteiger partial charge < -0.3 is 14.8 Å². The molecule has 0 saturated heterocycles. The molecule has 0 aliphatic carbocycles. The zero-order valence-corrected chi connectivity index (χ0v) is 18.0. The molecule has 1 N–H and O–H groups in total. The highest BCUT2D eigenvalue weighted by molar-refractivity contribution is 9.10. The summed E-state index contributed by atoms with van der Waals surface area (Å²) in [5.41, 5.74) is 4.73. The Morgan fingerprint density at radius 2 is 1.43 bits per heavy atom. The number of hydrogen-bond donors (Lipinski definition) is 1. The van der Waals surface area contributed by atoms with Crippen LogP contribution in [0.2, 0.25) is 0 Å². The molecular formula is C24H26BrNO2. The zero-order chi connectivity index (χ0) is 19.8. The Kier molecular flexibility index (Phi) is 7.38. The molecule has 0 heterocycles. The molecule has 146 valence electrons. The summed E-state index contributed by atoms with van der Waals surface area (Å²) < 4.78 is 12.9. The SMILES string of the molecule is CCOc1cc(CNc2ccc(CC)cc2)ccc1OCc1ccc(Br)cc1. The third-order valence-corrected chi connectivity index (χ3v) is 5.00. The van der Waals surface area contributed by atoms with E-state index < -0.39 is 0 Å². The lowest BCUT2D eigenvalue weighted by atomic mass is 10.1. The molecule has 0 radical (unpaired) electrons. The minimum atomic E-state index is 0.509. The predicted octanol–water partition coefficient (Wildman–Crippen LogP) is 6.60. The first-order chi connectivity index (χ1) is 13.7. The molecule has 3 nitrogen and oxygen atoms in total. The van der Waals surface area contributed by atoms with E-state index in [9.17, 15) is 0 Å². The van der Waals surface area contributed by atoms with Crippen LogP contribution < -0.4 is 14.8 Å². The third-order valence-electron chi connectivity index (χ3n) is 4.47. The summed E-state index contributed by atoms with van der Waals surface area (Å²) in [6.45, 7) is 5.99. The van der Waals surface area contributed by atoms with Crippen LogP contribution in [0.25, 0.3) is 0 Å². The fourth-order valence-corrected chi connectivity index (χ4v) is 3.12. The number of rotatable bonds is 9. The summed E-state index contributed by atoms with van der Waals surface area (Å²) in [6.07, 6.45) is 1.06. The van der Waals surface area contributed by atoms with Gasteiger partial charge in [0.15, 0.2) is 11.5 Å². The van der Waals surface area contributed by atoms with Crippen molar-refractivity contribution in [3.05, 3.63) is 87.9 Å². The van der Waals surface area contributed by atoms with Gasteiger partial charge in [0.1, 0.15) is 6.61 Å². The van der Waals surface area contributed by atoms with Gasteiger partial charge in [0.25, 0.3) is 0 Å². The molecule has 3 rings (SSSR count). The normalized spacial score (nSPS) is 10.5. The molecule has 0 bridgehead atoms. The van der Waals surface area contributed by atoms with E-state index >= 15 is 0 Å². The van der Waals surface area contributed by atoms with Crippen LogP contribution in [-0.4, -0.2) is 6.61 Å². The summed E-state index contributed by atoms with van der Waals surface area (Å²) in [5.74, 6) is 1.54. The Morgan fingerprint density at radius 1 is 0.750 bits per heavy atom. The van der Waals surface area contributed by atoms with Crippen molar-refractivity contribution < 1.29 is 9.47 Å². The average molecular weight is 440 g/mol. The molecule has 3 aromatic rings. The molecule has 4 heteroatoms. The van der Waals surface area contributed by atoms with Gasteiger partial charge in [0, 0.05) is 16.7 Å². The Morgan fingerprint density at radius 3 is 2.11 bits per heavy atom. The van der Waals surface area contributed by atoms with Crippen molar-refractivity contribution >= 4 is 21.6 Å². The first-order valence-electron chi connectivity index (χ1n) is 9.63. The van der Waals surface area contributed by atoms with E-state index in [-0.39, 0.29) is 0 Å². The first-order valence-corrected chi connectivity index (χ1v) is 10.4. The third kappa shape index (κ3) is 5.77.